The Balaban J connectivity index is 1.58. The molecular weight excluding hydrogens is 311 g/mol. The van der Waals surface area contributed by atoms with Gasteiger partial charge >= 0.3 is 0 Å². The topological polar surface area (TPSA) is 61.8 Å². The molecule has 2 fully saturated rings. The third-order valence-electron chi connectivity index (χ3n) is 6.01. The van der Waals surface area contributed by atoms with Crippen LogP contribution in [0.5, 0.6) is 0 Å². The lowest BCUT2D eigenvalue weighted by Gasteiger charge is -2.54. The Labute approximate surface area is 140 Å². The number of carbonyl (C=O) groups is 1. The van der Waals surface area contributed by atoms with Gasteiger partial charge in [-0.15, -0.1) is 0 Å². The Morgan fingerprint density at radius 2 is 2.21 bits per heavy atom. The fourth-order valence-corrected chi connectivity index (χ4v) is 4.66. The molecule has 1 aromatic rings. The molecule has 1 saturated carbocycles. The van der Waals surface area contributed by atoms with Gasteiger partial charge in [-0.2, -0.15) is 0 Å². The highest BCUT2D eigenvalue weighted by Gasteiger charge is 2.49. The van der Waals surface area contributed by atoms with Crippen molar-refractivity contribution < 1.29 is 19.1 Å². The van der Waals surface area contributed by atoms with Crippen molar-refractivity contribution in [2.75, 3.05) is 19.8 Å². The third kappa shape index (κ3) is 2.53. The van der Waals surface area contributed by atoms with Crippen LogP contribution in [-0.2, 0) is 17.7 Å². The highest BCUT2D eigenvalue weighted by atomic mass is 19.1. The highest BCUT2D eigenvalue weighted by Crippen LogP contribution is 2.46. The second-order valence-corrected chi connectivity index (χ2v) is 7.37. The van der Waals surface area contributed by atoms with Crippen molar-refractivity contribution >= 4 is 5.91 Å². The van der Waals surface area contributed by atoms with Crippen molar-refractivity contribution in [1.82, 2.24) is 10.4 Å². The molecule has 0 radical (unpaired) electrons. The van der Waals surface area contributed by atoms with Crippen molar-refractivity contribution in [3.8, 4) is 0 Å². The minimum absolute atomic E-state index is 0.170. The molecular formula is C18H23FN2O3. The van der Waals surface area contributed by atoms with Crippen molar-refractivity contribution in [1.29, 1.82) is 0 Å². The van der Waals surface area contributed by atoms with E-state index in [2.05, 4.69) is 4.90 Å². The number of nitrogens with one attached hydrogen (secondary N) is 1. The SMILES string of the molecule is O=C(NO)c1cc(F)c2c(c1)CCN([C@@H]1CCCCC13COC3)C2. The molecule has 0 bridgehead atoms. The Hall–Kier alpha value is -1.50. The molecule has 1 spiro atoms. The predicted octanol–water partition coefficient (Wildman–Crippen LogP) is 2.26. The van der Waals surface area contributed by atoms with Crippen LogP contribution in [0.25, 0.3) is 0 Å². The van der Waals surface area contributed by atoms with E-state index in [4.69, 9.17) is 9.94 Å². The number of ether oxygens (including phenoxy) is 1. The van der Waals surface area contributed by atoms with Gasteiger partial charge in [-0.05, 0) is 37.0 Å². The number of amides is 1. The van der Waals surface area contributed by atoms with Crippen LogP contribution in [0.1, 0.15) is 47.2 Å². The standard InChI is InChI=1S/C18H23FN2O3/c19-15-8-13(17(22)20-23)7-12-4-6-21(9-14(12)15)16-3-1-2-5-18(16)10-24-11-18/h7-8,16,23H,1-6,9-11H2,(H,20,22)/t16-/m1/s1. The zero-order valence-corrected chi connectivity index (χ0v) is 13.7. The van der Waals surface area contributed by atoms with Gasteiger partial charge in [0, 0.05) is 35.7 Å². The van der Waals surface area contributed by atoms with E-state index in [-0.39, 0.29) is 16.8 Å². The van der Waals surface area contributed by atoms with Crippen LogP contribution in [0.15, 0.2) is 12.1 Å². The van der Waals surface area contributed by atoms with Crippen LogP contribution in [0, 0.1) is 11.2 Å². The zero-order chi connectivity index (χ0) is 16.7. The average molecular weight is 334 g/mol. The average Bonchev–Trinajstić information content (AvgIpc) is 2.59. The number of hydrogen-bond donors (Lipinski definition) is 2. The summed E-state index contributed by atoms with van der Waals surface area (Å²) < 4.78 is 20.1. The lowest BCUT2D eigenvalue weighted by atomic mass is 9.68. The fourth-order valence-electron chi connectivity index (χ4n) is 4.66. The van der Waals surface area contributed by atoms with Gasteiger partial charge in [0.15, 0.2) is 0 Å². The molecule has 1 aromatic carbocycles. The summed E-state index contributed by atoms with van der Waals surface area (Å²) in [7, 11) is 0. The second-order valence-electron chi connectivity index (χ2n) is 7.37. The summed E-state index contributed by atoms with van der Waals surface area (Å²) in [4.78, 5) is 14.0. The second kappa shape index (κ2) is 6.10. The Morgan fingerprint density at radius 1 is 1.38 bits per heavy atom. The summed E-state index contributed by atoms with van der Waals surface area (Å²) in [5, 5.41) is 8.74. The van der Waals surface area contributed by atoms with E-state index in [1.807, 2.05) is 0 Å². The summed E-state index contributed by atoms with van der Waals surface area (Å²) in [6.45, 7) is 3.13. The quantitative estimate of drug-likeness (QED) is 0.643. The minimum atomic E-state index is -0.669. The maximum Gasteiger partial charge on any atom is 0.274 e. The van der Waals surface area contributed by atoms with Gasteiger partial charge in [0.25, 0.3) is 5.91 Å². The van der Waals surface area contributed by atoms with E-state index in [0.29, 0.717) is 18.2 Å². The van der Waals surface area contributed by atoms with E-state index in [0.717, 1.165) is 38.2 Å². The van der Waals surface area contributed by atoms with E-state index in [9.17, 15) is 9.18 Å². The number of rotatable bonds is 2. The largest absolute Gasteiger partial charge is 0.380 e. The van der Waals surface area contributed by atoms with Crippen LogP contribution in [0.3, 0.4) is 0 Å². The van der Waals surface area contributed by atoms with E-state index < -0.39 is 5.91 Å². The van der Waals surface area contributed by atoms with Gasteiger partial charge in [-0.25, -0.2) is 9.87 Å². The summed E-state index contributed by atoms with van der Waals surface area (Å²) in [6, 6.07) is 3.38. The highest BCUT2D eigenvalue weighted by molar-refractivity contribution is 5.93. The number of hydroxylamine groups is 1. The van der Waals surface area contributed by atoms with E-state index in [1.165, 1.54) is 25.3 Å². The molecule has 4 rings (SSSR count). The molecule has 2 aliphatic heterocycles. The summed E-state index contributed by atoms with van der Waals surface area (Å²) in [6.07, 6.45) is 5.59. The molecule has 1 atom stereocenters. The first kappa shape index (κ1) is 16.0. The molecule has 1 saturated heterocycles. The molecule has 3 aliphatic rings. The van der Waals surface area contributed by atoms with Gasteiger partial charge in [0.1, 0.15) is 5.82 Å². The minimum Gasteiger partial charge on any atom is -0.380 e. The summed E-state index contributed by atoms with van der Waals surface area (Å²) in [5.74, 6) is -1.03. The Kier molecular flexibility index (Phi) is 4.06. The molecule has 1 amide bonds. The first-order valence-corrected chi connectivity index (χ1v) is 8.70. The van der Waals surface area contributed by atoms with Crippen molar-refractivity contribution in [3.63, 3.8) is 0 Å². The number of fused-ring (bicyclic) bond motifs is 1. The van der Waals surface area contributed by atoms with Crippen LogP contribution >= 0.6 is 0 Å². The number of hydrogen-bond acceptors (Lipinski definition) is 4. The molecule has 130 valence electrons. The van der Waals surface area contributed by atoms with Crippen LogP contribution < -0.4 is 5.48 Å². The van der Waals surface area contributed by atoms with E-state index >= 15 is 0 Å². The normalized spacial score (nSPS) is 25.8. The number of halogens is 1. The molecule has 2 N–H and O–H groups in total. The number of carbonyl (C=O) groups excluding carboxylic acids is 1. The molecule has 0 aromatic heterocycles. The maximum atomic E-state index is 14.5. The van der Waals surface area contributed by atoms with Crippen LogP contribution in [0.2, 0.25) is 0 Å². The number of nitrogens with zero attached hydrogens (tertiary/aromatic N) is 1. The lowest BCUT2D eigenvalue weighted by molar-refractivity contribution is -0.172. The monoisotopic (exact) mass is 334 g/mol. The lowest BCUT2D eigenvalue weighted by Crippen LogP contribution is -2.60. The van der Waals surface area contributed by atoms with Crippen molar-refractivity contribution in [2.24, 2.45) is 5.41 Å². The van der Waals surface area contributed by atoms with Gasteiger partial charge in [0.2, 0.25) is 0 Å². The maximum absolute atomic E-state index is 14.5. The van der Waals surface area contributed by atoms with Gasteiger partial charge in [-0.3, -0.25) is 14.9 Å². The molecule has 24 heavy (non-hydrogen) atoms. The van der Waals surface area contributed by atoms with E-state index in [1.54, 1.807) is 11.5 Å². The summed E-state index contributed by atoms with van der Waals surface area (Å²) >= 11 is 0. The Morgan fingerprint density at radius 3 is 2.92 bits per heavy atom. The van der Waals surface area contributed by atoms with Gasteiger partial charge in [0.05, 0.1) is 13.2 Å². The molecule has 2 heterocycles. The first-order chi connectivity index (χ1) is 11.6. The van der Waals surface area contributed by atoms with Gasteiger partial charge < -0.3 is 4.74 Å². The molecule has 5 nitrogen and oxygen atoms in total. The fraction of sp³-hybridized carbons (Fsp3) is 0.611. The van der Waals surface area contributed by atoms with Crippen molar-refractivity contribution in [2.45, 2.75) is 44.7 Å². The smallest absolute Gasteiger partial charge is 0.274 e. The van der Waals surface area contributed by atoms with Crippen LogP contribution in [0.4, 0.5) is 4.39 Å². The van der Waals surface area contributed by atoms with Gasteiger partial charge in [-0.1, -0.05) is 12.8 Å². The van der Waals surface area contributed by atoms with Crippen molar-refractivity contribution in [3.05, 3.63) is 34.6 Å². The van der Waals surface area contributed by atoms with Crippen LogP contribution in [-0.4, -0.2) is 41.8 Å². The Bertz CT molecular complexity index is 660. The molecule has 0 unspecified atom stereocenters. The first-order valence-electron chi connectivity index (χ1n) is 8.70. The third-order valence-corrected chi connectivity index (χ3v) is 6.01. The zero-order valence-electron chi connectivity index (χ0n) is 13.7. The molecule has 6 heteroatoms. The predicted molar refractivity (Wildman–Crippen MR) is 85.3 cm³/mol. The number of benzene rings is 1. The molecule has 1 aliphatic carbocycles. The summed E-state index contributed by atoms with van der Waals surface area (Å²) in [5.41, 5.74) is 3.57.